The molecule has 226 valence electrons. The van der Waals surface area contributed by atoms with E-state index < -0.39 is 18.0 Å². The Hall–Kier alpha value is -4.67. The van der Waals surface area contributed by atoms with E-state index in [9.17, 15) is 19.5 Å². The Morgan fingerprint density at radius 1 is 0.953 bits per heavy atom. The molecule has 1 unspecified atom stereocenters. The fourth-order valence-corrected chi connectivity index (χ4v) is 5.39. The molecule has 0 bridgehead atoms. The first-order chi connectivity index (χ1) is 20.9. The van der Waals surface area contributed by atoms with E-state index in [1.54, 1.807) is 41.0 Å². The lowest BCUT2D eigenvalue weighted by Gasteiger charge is -2.36. The van der Waals surface area contributed by atoms with E-state index in [4.69, 9.17) is 9.47 Å². The van der Waals surface area contributed by atoms with Gasteiger partial charge in [0.2, 0.25) is 11.8 Å². The molecule has 1 aliphatic carbocycles. The maximum absolute atomic E-state index is 13.8. The molecule has 1 saturated heterocycles. The minimum absolute atomic E-state index is 0.0304. The van der Waals surface area contributed by atoms with Gasteiger partial charge in [0.15, 0.2) is 5.82 Å². The number of nitrogens with zero attached hydrogens (tertiary/aromatic N) is 4. The molecular formula is C32H37N5O6. The zero-order valence-corrected chi connectivity index (χ0v) is 24.3. The molecule has 1 atom stereocenters. The van der Waals surface area contributed by atoms with Gasteiger partial charge in [0.05, 0.1) is 6.61 Å². The molecule has 2 aromatic carbocycles. The van der Waals surface area contributed by atoms with Gasteiger partial charge in [0, 0.05) is 44.2 Å². The summed E-state index contributed by atoms with van der Waals surface area (Å²) in [6.07, 6.45) is 3.80. The summed E-state index contributed by atoms with van der Waals surface area (Å²) in [5.41, 5.74) is 1.50. The Labute approximate surface area is 250 Å². The number of hydrogen-bond donors (Lipinski definition) is 2. The summed E-state index contributed by atoms with van der Waals surface area (Å²) in [6, 6.07) is 16.5. The highest BCUT2D eigenvalue weighted by Crippen LogP contribution is 2.26. The van der Waals surface area contributed by atoms with E-state index in [1.807, 2.05) is 30.3 Å². The molecule has 11 nitrogen and oxygen atoms in total. The molecule has 11 heteroatoms. The van der Waals surface area contributed by atoms with Gasteiger partial charge >= 0.3 is 6.09 Å². The molecule has 1 aromatic heterocycles. The van der Waals surface area contributed by atoms with E-state index in [-0.39, 0.29) is 36.5 Å². The maximum Gasteiger partial charge on any atom is 0.409 e. The number of piperazine rings is 1. The third kappa shape index (κ3) is 7.79. The predicted octanol–water partition coefficient (Wildman–Crippen LogP) is 3.81. The molecule has 3 aromatic rings. The molecule has 43 heavy (non-hydrogen) atoms. The highest BCUT2D eigenvalue weighted by atomic mass is 16.6. The Morgan fingerprint density at radius 2 is 1.67 bits per heavy atom. The molecule has 0 spiro atoms. The topological polar surface area (TPSA) is 134 Å². The van der Waals surface area contributed by atoms with Crippen molar-refractivity contribution in [3.05, 3.63) is 71.9 Å². The van der Waals surface area contributed by atoms with Gasteiger partial charge in [-0.1, -0.05) is 42.5 Å². The molecule has 2 fully saturated rings. The van der Waals surface area contributed by atoms with Gasteiger partial charge < -0.3 is 29.7 Å². The van der Waals surface area contributed by atoms with Crippen LogP contribution in [0.25, 0.3) is 11.4 Å². The van der Waals surface area contributed by atoms with Gasteiger partial charge in [-0.3, -0.25) is 9.59 Å². The second kappa shape index (κ2) is 14.0. The van der Waals surface area contributed by atoms with Crippen LogP contribution in [0.4, 0.5) is 4.79 Å². The van der Waals surface area contributed by atoms with Crippen LogP contribution in [0.15, 0.2) is 60.7 Å². The molecule has 5 rings (SSSR count). The van der Waals surface area contributed by atoms with Crippen molar-refractivity contribution in [2.45, 2.75) is 51.2 Å². The molecule has 1 aliphatic heterocycles. The second-order valence-corrected chi connectivity index (χ2v) is 10.7. The van der Waals surface area contributed by atoms with Gasteiger partial charge in [-0.15, -0.1) is 0 Å². The van der Waals surface area contributed by atoms with E-state index >= 15 is 0 Å². The van der Waals surface area contributed by atoms with Crippen LogP contribution in [0.1, 0.15) is 48.7 Å². The molecule has 3 amide bonds. The first-order valence-corrected chi connectivity index (χ1v) is 14.8. The summed E-state index contributed by atoms with van der Waals surface area (Å²) in [6.45, 7) is 3.27. The molecule has 0 radical (unpaired) electrons. The van der Waals surface area contributed by atoms with Crippen molar-refractivity contribution in [3.8, 4) is 23.0 Å². The average Bonchev–Trinajstić information content (AvgIpc) is 3.54. The van der Waals surface area contributed by atoms with Crippen LogP contribution in [0.3, 0.4) is 0 Å². The normalized spacial score (nSPS) is 16.0. The lowest BCUT2D eigenvalue weighted by molar-refractivity contribution is -0.134. The van der Waals surface area contributed by atoms with Crippen molar-refractivity contribution in [1.82, 2.24) is 25.1 Å². The number of amides is 3. The lowest BCUT2D eigenvalue weighted by atomic mass is 10.0. The van der Waals surface area contributed by atoms with E-state index in [1.165, 1.54) is 6.07 Å². The van der Waals surface area contributed by atoms with Gasteiger partial charge in [0.25, 0.3) is 5.91 Å². The van der Waals surface area contributed by atoms with Crippen molar-refractivity contribution in [3.63, 3.8) is 0 Å². The summed E-state index contributed by atoms with van der Waals surface area (Å²) in [5, 5.41) is 12.9. The quantitative estimate of drug-likeness (QED) is 0.386. The number of aromatic hydroxyl groups is 1. The van der Waals surface area contributed by atoms with Crippen molar-refractivity contribution in [1.29, 1.82) is 0 Å². The number of carbonyl (C=O) groups excluding carboxylic acids is 3. The van der Waals surface area contributed by atoms with Crippen molar-refractivity contribution >= 4 is 17.9 Å². The summed E-state index contributed by atoms with van der Waals surface area (Å²) < 4.78 is 11.2. The average molecular weight is 588 g/mol. The molecule has 2 aliphatic rings. The monoisotopic (exact) mass is 587 g/mol. The fraction of sp³-hybridized carbons (Fsp3) is 0.406. The summed E-state index contributed by atoms with van der Waals surface area (Å²) >= 11 is 0. The Balaban J connectivity index is 1.38. The number of nitrogens with one attached hydrogen (secondary N) is 1. The van der Waals surface area contributed by atoms with Gasteiger partial charge in [0.1, 0.15) is 23.6 Å². The highest BCUT2D eigenvalue weighted by molar-refractivity contribution is 5.96. The number of hydrogen-bond acceptors (Lipinski definition) is 8. The summed E-state index contributed by atoms with van der Waals surface area (Å²) in [7, 11) is 0. The third-order valence-electron chi connectivity index (χ3n) is 7.63. The number of carbonyl (C=O) groups is 3. The second-order valence-electron chi connectivity index (χ2n) is 10.7. The van der Waals surface area contributed by atoms with Crippen LogP contribution in [-0.4, -0.2) is 87.7 Å². The maximum atomic E-state index is 13.8. The number of benzene rings is 2. The van der Waals surface area contributed by atoms with Gasteiger partial charge in [-0.05, 0) is 50.3 Å². The number of phenols is 1. The van der Waals surface area contributed by atoms with Crippen LogP contribution >= 0.6 is 0 Å². The van der Waals surface area contributed by atoms with Crippen LogP contribution in [0, 0.1) is 0 Å². The zero-order valence-electron chi connectivity index (χ0n) is 24.3. The fourth-order valence-electron chi connectivity index (χ4n) is 5.39. The Kier molecular flexibility index (Phi) is 9.70. The molecule has 2 heterocycles. The van der Waals surface area contributed by atoms with E-state index in [0.29, 0.717) is 43.4 Å². The van der Waals surface area contributed by atoms with Crippen LogP contribution < -0.4 is 10.1 Å². The number of aromatic nitrogens is 2. The predicted molar refractivity (Wildman–Crippen MR) is 159 cm³/mol. The van der Waals surface area contributed by atoms with E-state index in [2.05, 4.69) is 15.3 Å². The number of rotatable bonds is 9. The van der Waals surface area contributed by atoms with Gasteiger partial charge in [-0.25, -0.2) is 9.78 Å². The molecular weight excluding hydrogens is 550 g/mol. The zero-order chi connectivity index (χ0) is 30.2. The van der Waals surface area contributed by atoms with Crippen LogP contribution in [0.2, 0.25) is 0 Å². The summed E-state index contributed by atoms with van der Waals surface area (Å²) in [5.74, 6) is -0.0985. The Morgan fingerprint density at radius 3 is 2.37 bits per heavy atom. The largest absolute Gasteiger partial charge is 0.508 e. The minimum atomic E-state index is -0.946. The van der Waals surface area contributed by atoms with Crippen LogP contribution in [0.5, 0.6) is 11.6 Å². The Bertz CT molecular complexity index is 1420. The van der Waals surface area contributed by atoms with Crippen molar-refractivity contribution in [2.24, 2.45) is 0 Å². The van der Waals surface area contributed by atoms with Gasteiger partial charge in [-0.2, -0.15) is 4.98 Å². The first kappa shape index (κ1) is 29.8. The number of phenolic OH excluding ortho intramolecular Hbond substituents is 1. The highest BCUT2D eigenvalue weighted by Gasteiger charge is 2.31. The number of ether oxygens (including phenoxy) is 2. The molecule has 2 N–H and O–H groups in total. The van der Waals surface area contributed by atoms with E-state index in [0.717, 1.165) is 31.2 Å². The lowest BCUT2D eigenvalue weighted by Crippen LogP contribution is -2.56. The van der Waals surface area contributed by atoms with Crippen molar-refractivity contribution < 1.29 is 29.0 Å². The third-order valence-corrected chi connectivity index (χ3v) is 7.63. The van der Waals surface area contributed by atoms with Crippen molar-refractivity contribution in [2.75, 3.05) is 32.8 Å². The minimum Gasteiger partial charge on any atom is -0.508 e. The standard InChI is InChI=1S/C32H37N5O6/c1-2-42-32(41)37-17-15-36(16-18-37)31(40)27(20-22-9-8-12-24(38)19-22)34-30(39)26-21-28(43-25-13-6-7-14-25)35-29(33-26)23-10-4-3-5-11-23/h3-5,8-12,19,21,25,27,38H,2,6-7,13-18,20H2,1H3,(H,34,39). The SMILES string of the molecule is CCOC(=O)N1CCN(C(=O)C(Cc2cccc(O)c2)NC(=O)c2cc(OC3CCCC3)nc(-c3ccccc3)n2)CC1. The smallest absolute Gasteiger partial charge is 0.409 e. The first-order valence-electron chi connectivity index (χ1n) is 14.8. The molecule has 1 saturated carbocycles. The van der Waals surface area contributed by atoms with Crippen LogP contribution in [-0.2, 0) is 16.0 Å². The summed E-state index contributed by atoms with van der Waals surface area (Å²) in [4.78, 5) is 52.0.